The summed E-state index contributed by atoms with van der Waals surface area (Å²) in [6.07, 6.45) is 1.96. The fourth-order valence-electron chi connectivity index (χ4n) is 2.36. The molecule has 68 valence electrons. The highest BCUT2D eigenvalue weighted by molar-refractivity contribution is 5.68. The Bertz CT molecular complexity index is 218. The van der Waals surface area contributed by atoms with E-state index in [4.69, 9.17) is 15.6 Å². The van der Waals surface area contributed by atoms with Crippen LogP contribution in [-0.4, -0.2) is 29.3 Å². The maximum Gasteiger partial charge on any atom is 0.305 e. The lowest BCUT2D eigenvalue weighted by Gasteiger charge is -2.47. The maximum atomic E-state index is 10.5. The minimum absolute atomic E-state index is 0.0809. The molecule has 0 amide bonds. The molecule has 4 nitrogen and oxygen atoms in total. The molecule has 0 bridgehead atoms. The first-order valence-electron chi connectivity index (χ1n) is 4.24. The van der Waals surface area contributed by atoms with Gasteiger partial charge in [-0.2, -0.15) is 0 Å². The minimum atomic E-state index is -0.803. The first-order chi connectivity index (χ1) is 5.62. The molecule has 1 saturated carbocycles. The van der Waals surface area contributed by atoms with E-state index in [1.165, 1.54) is 0 Å². The van der Waals surface area contributed by atoms with Crippen molar-refractivity contribution in [2.75, 3.05) is 6.61 Å². The van der Waals surface area contributed by atoms with Gasteiger partial charge in [-0.1, -0.05) is 0 Å². The molecule has 3 atom stereocenters. The van der Waals surface area contributed by atoms with Crippen LogP contribution in [0.3, 0.4) is 0 Å². The number of nitrogens with two attached hydrogens (primary N) is 1. The topological polar surface area (TPSA) is 72.6 Å². The molecular weight excluding hydrogens is 158 g/mol. The van der Waals surface area contributed by atoms with Gasteiger partial charge in [0.2, 0.25) is 0 Å². The van der Waals surface area contributed by atoms with Gasteiger partial charge in [-0.05, 0) is 12.8 Å². The number of hydrogen-bond acceptors (Lipinski definition) is 3. The lowest BCUT2D eigenvalue weighted by molar-refractivity contribution is -0.142. The van der Waals surface area contributed by atoms with Crippen LogP contribution in [0.25, 0.3) is 0 Å². The van der Waals surface area contributed by atoms with E-state index in [0.717, 1.165) is 13.0 Å². The van der Waals surface area contributed by atoms with Gasteiger partial charge in [0.1, 0.15) is 0 Å². The molecule has 0 radical (unpaired) electrons. The van der Waals surface area contributed by atoms with Crippen molar-refractivity contribution in [3.05, 3.63) is 0 Å². The van der Waals surface area contributed by atoms with Crippen molar-refractivity contribution in [3.63, 3.8) is 0 Å². The molecule has 4 heteroatoms. The summed E-state index contributed by atoms with van der Waals surface area (Å²) in [5.41, 5.74) is 5.45. The van der Waals surface area contributed by atoms with Crippen LogP contribution in [0.5, 0.6) is 0 Å². The van der Waals surface area contributed by atoms with Gasteiger partial charge in [-0.3, -0.25) is 4.79 Å². The molecule has 0 aromatic rings. The van der Waals surface area contributed by atoms with Crippen LogP contribution in [0, 0.1) is 5.92 Å². The second-order valence-electron chi connectivity index (χ2n) is 3.81. The van der Waals surface area contributed by atoms with Gasteiger partial charge in [-0.15, -0.1) is 0 Å². The Labute approximate surface area is 70.7 Å². The van der Waals surface area contributed by atoms with Crippen molar-refractivity contribution < 1.29 is 14.6 Å². The Hall–Kier alpha value is -0.610. The van der Waals surface area contributed by atoms with Gasteiger partial charge in [0, 0.05) is 18.1 Å². The standard InChI is InChI=1S/C8H13NO3/c9-8(4-7(10)11)3-6-5(8)1-2-12-6/h5-6H,1-4,9H2,(H,10,11)/t5-,6-,8?/m0/s1. The van der Waals surface area contributed by atoms with Crippen molar-refractivity contribution in [2.45, 2.75) is 30.9 Å². The van der Waals surface area contributed by atoms with Gasteiger partial charge in [0.25, 0.3) is 0 Å². The molecule has 1 aliphatic carbocycles. The van der Waals surface area contributed by atoms with Crippen LogP contribution in [0.4, 0.5) is 0 Å². The average Bonchev–Trinajstić information content (AvgIpc) is 2.29. The third-order valence-corrected chi connectivity index (χ3v) is 3.01. The minimum Gasteiger partial charge on any atom is -0.481 e. The molecule has 2 fully saturated rings. The Morgan fingerprint density at radius 1 is 1.75 bits per heavy atom. The van der Waals surface area contributed by atoms with E-state index in [1.807, 2.05) is 0 Å². The van der Waals surface area contributed by atoms with Crippen LogP contribution >= 0.6 is 0 Å². The number of fused-ring (bicyclic) bond motifs is 1. The molecule has 1 unspecified atom stereocenters. The summed E-state index contributed by atoms with van der Waals surface area (Å²) in [6.45, 7) is 0.744. The lowest BCUT2D eigenvalue weighted by Crippen LogP contribution is -2.62. The zero-order valence-corrected chi connectivity index (χ0v) is 6.82. The van der Waals surface area contributed by atoms with Gasteiger partial charge >= 0.3 is 5.97 Å². The molecule has 0 aromatic heterocycles. The molecule has 2 rings (SSSR count). The van der Waals surface area contributed by atoms with Crippen LogP contribution in [-0.2, 0) is 9.53 Å². The number of carboxylic acids is 1. The van der Waals surface area contributed by atoms with E-state index in [2.05, 4.69) is 0 Å². The number of rotatable bonds is 2. The largest absolute Gasteiger partial charge is 0.481 e. The molecule has 1 saturated heterocycles. The van der Waals surface area contributed by atoms with Gasteiger partial charge in [-0.25, -0.2) is 0 Å². The lowest BCUT2D eigenvalue weighted by atomic mass is 9.63. The predicted molar refractivity (Wildman–Crippen MR) is 41.6 cm³/mol. The summed E-state index contributed by atoms with van der Waals surface area (Å²) in [6, 6.07) is 0. The molecule has 3 N–H and O–H groups in total. The Kier molecular flexibility index (Phi) is 1.63. The van der Waals surface area contributed by atoms with Crippen LogP contribution in [0.2, 0.25) is 0 Å². The van der Waals surface area contributed by atoms with E-state index in [9.17, 15) is 4.79 Å². The zero-order valence-electron chi connectivity index (χ0n) is 6.82. The fourth-order valence-corrected chi connectivity index (χ4v) is 2.36. The van der Waals surface area contributed by atoms with Crippen LogP contribution in [0.15, 0.2) is 0 Å². The molecule has 12 heavy (non-hydrogen) atoms. The smallest absolute Gasteiger partial charge is 0.305 e. The molecule has 1 aliphatic heterocycles. The molecule has 0 spiro atoms. The van der Waals surface area contributed by atoms with Crippen molar-refractivity contribution >= 4 is 5.97 Å². The van der Waals surface area contributed by atoms with Crippen molar-refractivity contribution in [1.82, 2.24) is 0 Å². The summed E-state index contributed by atoms with van der Waals surface area (Å²) in [5, 5.41) is 8.61. The number of aliphatic carboxylic acids is 1. The Morgan fingerprint density at radius 2 is 2.50 bits per heavy atom. The molecular formula is C8H13NO3. The number of carboxylic acid groups (broad SMARTS) is 1. The molecule has 1 heterocycles. The summed E-state index contributed by atoms with van der Waals surface area (Å²) < 4.78 is 5.36. The second kappa shape index (κ2) is 2.44. The predicted octanol–water partition coefficient (Wildman–Crippen LogP) is -0.0326. The Balaban J connectivity index is 2.00. The van der Waals surface area contributed by atoms with E-state index in [-0.39, 0.29) is 18.4 Å². The van der Waals surface area contributed by atoms with Gasteiger partial charge in [0.15, 0.2) is 0 Å². The Morgan fingerprint density at radius 3 is 3.08 bits per heavy atom. The quantitative estimate of drug-likeness (QED) is 0.611. The molecule has 0 aromatic carbocycles. The maximum absolute atomic E-state index is 10.5. The van der Waals surface area contributed by atoms with Crippen molar-refractivity contribution in [2.24, 2.45) is 11.7 Å². The van der Waals surface area contributed by atoms with Crippen molar-refractivity contribution in [1.29, 1.82) is 0 Å². The van der Waals surface area contributed by atoms with Gasteiger partial charge < -0.3 is 15.6 Å². The number of ether oxygens (including phenoxy) is 1. The number of carbonyl (C=O) groups is 1. The fraction of sp³-hybridized carbons (Fsp3) is 0.875. The third kappa shape index (κ3) is 1.03. The van der Waals surface area contributed by atoms with E-state index in [1.54, 1.807) is 0 Å². The summed E-state index contributed by atoms with van der Waals surface area (Å²) in [7, 11) is 0. The van der Waals surface area contributed by atoms with E-state index >= 15 is 0 Å². The van der Waals surface area contributed by atoms with E-state index in [0.29, 0.717) is 6.42 Å². The molecule has 2 aliphatic rings. The van der Waals surface area contributed by atoms with Gasteiger partial charge in [0.05, 0.1) is 12.5 Å². The normalized spacial score (nSPS) is 45.1. The highest BCUT2D eigenvalue weighted by Gasteiger charge is 2.55. The van der Waals surface area contributed by atoms with Crippen LogP contribution in [0.1, 0.15) is 19.3 Å². The first kappa shape index (κ1) is 8.01. The van der Waals surface area contributed by atoms with E-state index < -0.39 is 11.5 Å². The highest BCUT2D eigenvalue weighted by atomic mass is 16.5. The SMILES string of the molecule is NC1(CC(=O)O)C[C@@H]2OCC[C@@H]21. The third-order valence-electron chi connectivity index (χ3n) is 3.01. The first-order valence-corrected chi connectivity index (χ1v) is 4.24. The summed E-state index contributed by atoms with van der Waals surface area (Å²) >= 11 is 0. The zero-order chi connectivity index (χ0) is 8.77. The van der Waals surface area contributed by atoms with Crippen molar-refractivity contribution in [3.8, 4) is 0 Å². The monoisotopic (exact) mass is 171 g/mol. The highest BCUT2D eigenvalue weighted by Crippen LogP contribution is 2.46. The number of hydrogen-bond donors (Lipinski definition) is 2. The summed E-state index contributed by atoms with van der Waals surface area (Å²) in [4.78, 5) is 10.5. The van der Waals surface area contributed by atoms with Crippen LogP contribution < -0.4 is 5.73 Å². The summed E-state index contributed by atoms with van der Waals surface area (Å²) in [5.74, 6) is -0.517. The second-order valence-corrected chi connectivity index (χ2v) is 3.81. The average molecular weight is 171 g/mol.